The number of sulfonamides is 1. The number of rotatable bonds is 12. The molecule has 322 valence electrons. The summed E-state index contributed by atoms with van der Waals surface area (Å²) in [6.07, 6.45) is 1.91. The minimum Gasteiger partial charge on any atom is -0.461 e. The maximum absolute atomic E-state index is 15.6. The number of ether oxygens (including phenoxy) is 1. The minimum atomic E-state index is -4.46. The highest BCUT2D eigenvalue weighted by Crippen LogP contribution is 2.50. The lowest BCUT2D eigenvalue weighted by Gasteiger charge is -2.32. The largest absolute Gasteiger partial charge is 0.461 e. The fourth-order valence-corrected chi connectivity index (χ4v) is 8.40. The molecule has 0 spiro atoms. The van der Waals surface area contributed by atoms with Crippen molar-refractivity contribution in [1.29, 1.82) is 0 Å². The molecule has 1 saturated carbocycles. The number of nitrogens with zero attached hydrogens (tertiary/aromatic N) is 3. The molecular formula is C43H52F2N6O8S. The van der Waals surface area contributed by atoms with Crippen molar-refractivity contribution in [2.24, 2.45) is 29.7 Å². The van der Waals surface area contributed by atoms with E-state index in [0.717, 1.165) is 11.0 Å². The molecule has 2 amide bonds. The van der Waals surface area contributed by atoms with Gasteiger partial charge in [-0.05, 0) is 80.0 Å². The van der Waals surface area contributed by atoms with Crippen LogP contribution in [0.1, 0.15) is 88.5 Å². The molecule has 4 aromatic rings. The van der Waals surface area contributed by atoms with Crippen LogP contribution >= 0.6 is 0 Å². The number of hydrogen-bond acceptors (Lipinski definition) is 9. The predicted molar refractivity (Wildman–Crippen MR) is 222 cm³/mol. The number of halogens is 2. The van der Waals surface area contributed by atoms with Crippen LogP contribution in [0.3, 0.4) is 0 Å². The van der Waals surface area contributed by atoms with E-state index >= 15 is 8.78 Å². The maximum Gasteiger partial charge on any atom is 0.336 e. The highest BCUT2D eigenvalue weighted by molar-refractivity contribution is 7.92. The van der Waals surface area contributed by atoms with Gasteiger partial charge in [-0.3, -0.25) is 19.1 Å². The molecule has 2 aromatic heterocycles. The number of carbonyl (C=O) groups excluding carboxylic acids is 3. The van der Waals surface area contributed by atoms with Crippen molar-refractivity contribution in [2.75, 3.05) is 10.0 Å². The minimum absolute atomic E-state index is 0.00257. The molecule has 17 heteroatoms. The van der Waals surface area contributed by atoms with Gasteiger partial charge in [-0.1, -0.05) is 54.5 Å². The molecule has 14 nitrogen and oxygen atoms in total. The van der Waals surface area contributed by atoms with Crippen LogP contribution in [0, 0.1) is 48.1 Å². The molecule has 0 bridgehead atoms. The van der Waals surface area contributed by atoms with Crippen LogP contribution in [0.15, 0.2) is 69.2 Å². The Labute approximate surface area is 347 Å². The zero-order valence-electron chi connectivity index (χ0n) is 35.4. The summed E-state index contributed by atoms with van der Waals surface area (Å²) in [6.45, 7) is 16.7. The first-order valence-electron chi connectivity index (χ1n) is 19.6. The van der Waals surface area contributed by atoms with Crippen molar-refractivity contribution in [3.05, 3.63) is 110 Å². The fraction of sp³-hybridized carbons (Fsp3) is 0.442. The van der Waals surface area contributed by atoms with E-state index in [-0.39, 0.29) is 40.3 Å². The van der Waals surface area contributed by atoms with E-state index in [1.54, 1.807) is 34.6 Å². The molecule has 1 aliphatic rings. The van der Waals surface area contributed by atoms with Gasteiger partial charge < -0.3 is 19.9 Å². The van der Waals surface area contributed by atoms with Crippen LogP contribution in [0.2, 0.25) is 0 Å². The molecule has 1 fully saturated rings. The number of benzene rings is 2. The van der Waals surface area contributed by atoms with Crippen LogP contribution in [0.25, 0.3) is 5.82 Å². The summed E-state index contributed by atoms with van der Waals surface area (Å²) >= 11 is 0. The third kappa shape index (κ3) is 9.35. The van der Waals surface area contributed by atoms with Crippen LogP contribution in [-0.2, 0) is 37.8 Å². The average molecular weight is 851 g/mol. The number of amides is 2. The quantitative estimate of drug-likeness (QED) is 0.145. The Morgan fingerprint density at radius 3 is 2.25 bits per heavy atom. The lowest BCUT2D eigenvalue weighted by atomic mass is 9.75. The Hall–Kier alpha value is -5.71. The molecule has 4 atom stereocenters. The van der Waals surface area contributed by atoms with Crippen molar-refractivity contribution < 1.29 is 36.3 Å². The van der Waals surface area contributed by atoms with Gasteiger partial charge in [0.25, 0.3) is 21.5 Å². The molecule has 0 saturated heterocycles. The average Bonchev–Trinajstić information content (AvgIpc) is 3.39. The first kappa shape index (κ1) is 45.4. The molecule has 3 N–H and O–H groups in total. The molecule has 1 aliphatic carbocycles. The molecule has 0 aliphatic heterocycles. The Bertz CT molecular complexity index is 2510. The third-order valence-corrected chi connectivity index (χ3v) is 13.1. The van der Waals surface area contributed by atoms with E-state index in [9.17, 15) is 32.4 Å². The molecule has 0 radical (unpaired) electrons. The number of nitrogens with one attached hydrogen (secondary N) is 3. The summed E-state index contributed by atoms with van der Waals surface area (Å²) in [5, 5.41) is 5.14. The van der Waals surface area contributed by atoms with E-state index in [0.29, 0.717) is 41.1 Å². The standard InChI is InChI=1S/C43H52F2N6O8S/c1-11-30-35(18-23(2)43(30,8)9)59-39(54)34(19-26-12-17-36(46-22-26)51-38(53)24(3)25(4)50(10)41(51)56)48-37(52)29-20-32(45)33(21-31(29)44)49-60(57,58)28-15-13-27(14-16-28)47-40(55)42(5,6)7/h12-17,20-23,30,34-35,49H,11,18-19H2,1-10H3,(H,47,55)(H,48,52)/t23-,30+,34+,35-/m1/s1. The van der Waals surface area contributed by atoms with Gasteiger partial charge in [-0.25, -0.2) is 36.3 Å². The zero-order valence-corrected chi connectivity index (χ0v) is 36.2. The molecule has 0 unspecified atom stereocenters. The highest BCUT2D eigenvalue weighted by atomic mass is 32.2. The Morgan fingerprint density at radius 2 is 1.67 bits per heavy atom. The third-order valence-electron chi connectivity index (χ3n) is 11.7. The van der Waals surface area contributed by atoms with E-state index < -0.39 is 73.6 Å². The van der Waals surface area contributed by atoms with Gasteiger partial charge in [0.15, 0.2) is 0 Å². The second kappa shape index (κ2) is 17.1. The van der Waals surface area contributed by atoms with Gasteiger partial charge in [-0.15, -0.1) is 0 Å². The van der Waals surface area contributed by atoms with Gasteiger partial charge in [0, 0.05) is 54.0 Å². The molecule has 2 heterocycles. The number of aromatic nitrogens is 3. The molecule has 60 heavy (non-hydrogen) atoms. The summed E-state index contributed by atoms with van der Waals surface area (Å²) in [5.74, 6) is -4.64. The van der Waals surface area contributed by atoms with Gasteiger partial charge in [-0.2, -0.15) is 0 Å². The van der Waals surface area contributed by atoms with E-state index in [2.05, 4.69) is 36.4 Å². The summed E-state index contributed by atoms with van der Waals surface area (Å²) in [4.78, 5) is 69.9. The second-order valence-electron chi connectivity index (χ2n) is 17.0. The summed E-state index contributed by atoms with van der Waals surface area (Å²) in [7, 11) is -2.93. The van der Waals surface area contributed by atoms with Crippen molar-refractivity contribution in [1.82, 2.24) is 19.4 Å². The lowest BCUT2D eigenvalue weighted by molar-refractivity contribution is -0.154. The van der Waals surface area contributed by atoms with Crippen LogP contribution in [0.4, 0.5) is 20.2 Å². The van der Waals surface area contributed by atoms with Crippen molar-refractivity contribution in [3.63, 3.8) is 0 Å². The Kier molecular flexibility index (Phi) is 12.9. The van der Waals surface area contributed by atoms with Gasteiger partial charge in [0.2, 0.25) is 5.91 Å². The SMILES string of the molecule is CC[C@H]1[C@H](OC(=O)[C@H](Cc2ccc(-n3c(=O)c(C)c(C)n(C)c3=O)nc2)NC(=O)c2cc(F)c(NS(=O)(=O)c3ccc(NC(=O)C(C)(C)C)cc3)cc2F)C[C@@H](C)C1(C)C. The Morgan fingerprint density at radius 1 is 1.02 bits per heavy atom. The normalized spacial score (nSPS) is 18.1. The van der Waals surface area contributed by atoms with Crippen LogP contribution < -0.4 is 26.6 Å². The lowest BCUT2D eigenvalue weighted by Crippen LogP contribution is -2.45. The summed E-state index contributed by atoms with van der Waals surface area (Å²) in [5.41, 5.74) is -2.05. The molecule has 2 aromatic carbocycles. The molecule has 5 rings (SSSR count). The summed E-state index contributed by atoms with van der Waals surface area (Å²) < 4.78 is 67.7. The first-order chi connectivity index (χ1) is 27.9. The van der Waals surface area contributed by atoms with Crippen LogP contribution in [-0.4, -0.2) is 52.5 Å². The van der Waals surface area contributed by atoms with Gasteiger partial charge >= 0.3 is 11.7 Å². The second-order valence-corrected chi connectivity index (χ2v) is 18.7. The number of carbonyl (C=O) groups is 3. The van der Waals surface area contributed by atoms with Crippen molar-refractivity contribution >= 4 is 39.2 Å². The number of esters is 1. The monoisotopic (exact) mass is 850 g/mol. The van der Waals surface area contributed by atoms with Gasteiger partial charge in [0.05, 0.1) is 16.1 Å². The maximum atomic E-state index is 15.6. The van der Waals surface area contributed by atoms with Crippen LogP contribution in [0.5, 0.6) is 0 Å². The van der Waals surface area contributed by atoms with Gasteiger partial charge in [0.1, 0.15) is 29.6 Å². The fourth-order valence-electron chi connectivity index (χ4n) is 7.34. The van der Waals surface area contributed by atoms with Crippen molar-refractivity contribution in [3.8, 4) is 5.82 Å². The number of anilines is 2. The van der Waals surface area contributed by atoms with E-state index in [1.165, 1.54) is 54.2 Å². The Balaban J connectivity index is 1.40. The number of hydrogen-bond donors (Lipinski definition) is 3. The first-order valence-corrected chi connectivity index (χ1v) is 21.0. The highest BCUT2D eigenvalue weighted by Gasteiger charge is 2.48. The smallest absolute Gasteiger partial charge is 0.336 e. The summed E-state index contributed by atoms with van der Waals surface area (Å²) in [6, 6.07) is 7.58. The predicted octanol–water partition coefficient (Wildman–Crippen LogP) is 5.96. The van der Waals surface area contributed by atoms with E-state index in [4.69, 9.17) is 4.74 Å². The van der Waals surface area contributed by atoms with Crippen molar-refractivity contribution in [2.45, 2.75) is 98.6 Å². The number of pyridine rings is 1. The molecular weight excluding hydrogens is 799 g/mol. The zero-order chi connectivity index (χ0) is 44.6. The van der Waals surface area contributed by atoms with E-state index in [1.807, 2.05) is 11.6 Å². The topological polar surface area (TPSA) is 188 Å².